The lowest BCUT2D eigenvalue weighted by Gasteiger charge is -2.11. The molecule has 0 heterocycles. The van der Waals surface area contributed by atoms with Gasteiger partial charge in [-0.2, -0.15) is 5.10 Å². The molecule has 27 heavy (non-hydrogen) atoms. The van der Waals surface area contributed by atoms with Crippen molar-refractivity contribution in [1.29, 1.82) is 0 Å². The first-order valence-corrected chi connectivity index (χ1v) is 9.53. The number of hydrazone groups is 1. The molecule has 0 saturated carbocycles. The van der Waals surface area contributed by atoms with Gasteiger partial charge in [0.25, 0.3) is 5.91 Å². The number of ether oxygens (including phenoxy) is 3. The monoisotopic (exact) mass is 434 g/mol. The molecule has 0 atom stereocenters. The second kappa shape index (κ2) is 10.6. The predicted molar refractivity (Wildman–Crippen MR) is 109 cm³/mol. The van der Waals surface area contributed by atoms with Crippen molar-refractivity contribution in [3.63, 3.8) is 0 Å². The lowest BCUT2D eigenvalue weighted by molar-refractivity contribution is 0.0954. The summed E-state index contributed by atoms with van der Waals surface area (Å²) >= 11 is 3.42. The molecule has 0 unspecified atom stereocenters. The number of hydrogen-bond donors (Lipinski definition) is 1. The molecule has 0 spiro atoms. The van der Waals surface area contributed by atoms with Gasteiger partial charge in [-0.25, -0.2) is 5.43 Å². The van der Waals surface area contributed by atoms with Crippen molar-refractivity contribution in [3.8, 4) is 17.2 Å². The topological polar surface area (TPSA) is 69.2 Å². The molecule has 2 rings (SSSR count). The van der Waals surface area contributed by atoms with Crippen LogP contribution in [0.4, 0.5) is 0 Å². The van der Waals surface area contributed by atoms with Crippen LogP contribution in [-0.4, -0.2) is 31.9 Å². The van der Waals surface area contributed by atoms with Crippen LogP contribution < -0.4 is 19.6 Å². The molecule has 0 fully saturated rings. The molecule has 1 N–H and O–H groups in total. The minimum Gasteiger partial charge on any atom is -0.493 e. The number of halogens is 1. The smallest absolute Gasteiger partial charge is 0.271 e. The molecular formula is C20H23BrN2O4. The van der Waals surface area contributed by atoms with Crippen molar-refractivity contribution < 1.29 is 19.0 Å². The van der Waals surface area contributed by atoms with E-state index in [0.29, 0.717) is 42.6 Å². The second-order valence-corrected chi connectivity index (χ2v) is 6.26. The minimum absolute atomic E-state index is 0.344. The maximum absolute atomic E-state index is 12.4. The zero-order chi connectivity index (χ0) is 19.6. The molecule has 0 aromatic heterocycles. The normalized spacial score (nSPS) is 10.7. The van der Waals surface area contributed by atoms with Crippen LogP contribution in [0.1, 0.15) is 36.7 Å². The number of hydrogen-bond acceptors (Lipinski definition) is 5. The number of rotatable bonds is 9. The van der Waals surface area contributed by atoms with Crippen molar-refractivity contribution in [3.05, 3.63) is 52.0 Å². The fourth-order valence-corrected chi connectivity index (χ4v) is 2.70. The van der Waals surface area contributed by atoms with Crippen LogP contribution in [0, 0.1) is 0 Å². The maximum atomic E-state index is 12.4. The molecule has 1 amide bonds. The first kappa shape index (κ1) is 20.8. The number of carbonyl (C=O) groups is 1. The Morgan fingerprint density at radius 3 is 2.30 bits per heavy atom. The third kappa shape index (κ3) is 5.99. The summed E-state index contributed by atoms with van der Waals surface area (Å²) in [5, 5.41) is 4.04. The molecule has 6 nitrogen and oxygen atoms in total. The van der Waals surface area contributed by atoms with E-state index in [4.69, 9.17) is 14.2 Å². The molecule has 0 aliphatic heterocycles. The fraction of sp³-hybridized carbons (Fsp3) is 0.300. The number of nitrogens with zero attached hydrogens (tertiary/aromatic N) is 1. The van der Waals surface area contributed by atoms with Crippen LogP contribution in [0.15, 0.2) is 46.0 Å². The average molecular weight is 435 g/mol. The van der Waals surface area contributed by atoms with Crippen molar-refractivity contribution in [1.82, 2.24) is 5.43 Å². The van der Waals surface area contributed by atoms with E-state index in [1.165, 1.54) is 0 Å². The highest BCUT2D eigenvalue weighted by Gasteiger charge is 2.11. The maximum Gasteiger partial charge on any atom is 0.271 e. The molecule has 2 aromatic carbocycles. The van der Waals surface area contributed by atoms with E-state index >= 15 is 0 Å². The van der Waals surface area contributed by atoms with E-state index in [0.717, 1.165) is 10.0 Å². The Balaban J connectivity index is 2.12. The average Bonchev–Trinajstić information content (AvgIpc) is 2.65. The van der Waals surface area contributed by atoms with E-state index in [2.05, 4.69) is 26.5 Å². The van der Waals surface area contributed by atoms with Crippen molar-refractivity contribution >= 4 is 28.1 Å². The SMILES string of the molecule is CCOc1ccc(Br)cc1/C=N/NC(=O)c1ccc(OCC)c(OCC)c1. The summed E-state index contributed by atoms with van der Waals surface area (Å²) < 4.78 is 17.5. The fourth-order valence-electron chi connectivity index (χ4n) is 2.32. The number of benzene rings is 2. The first-order valence-electron chi connectivity index (χ1n) is 8.74. The zero-order valence-corrected chi connectivity index (χ0v) is 17.2. The molecule has 0 radical (unpaired) electrons. The van der Waals surface area contributed by atoms with Gasteiger partial charge in [0.1, 0.15) is 5.75 Å². The summed E-state index contributed by atoms with van der Waals surface area (Å²) in [6.07, 6.45) is 1.55. The predicted octanol–water partition coefficient (Wildman–Crippen LogP) is 4.41. The van der Waals surface area contributed by atoms with Crippen LogP contribution >= 0.6 is 15.9 Å². The summed E-state index contributed by atoms with van der Waals surface area (Å²) in [5.41, 5.74) is 3.71. The molecule has 0 saturated heterocycles. The Morgan fingerprint density at radius 2 is 1.59 bits per heavy atom. The summed E-state index contributed by atoms with van der Waals surface area (Å²) in [5.74, 6) is 1.48. The molecule has 0 bridgehead atoms. The zero-order valence-electron chi connectivity index (χ0n) is 15.6. The Bertz CT molecular complexity index is 809. The highest BCUT2D eigenvalue weighted by molar-refractivity contribution is 9.10. The first-order chi connectivity index (χ1) is 13.1. The van der Waals surface area contributed by atoms with Gasteiger partial charge in [-0.15, -0.1) is 0 Å². The van der Waals surface area contributed by atoms with E-state index < -0.39 is 0 Å². The largest absolute Gasteiger partial charge is 0.493 e. The van der Waals surface area contributed by atoms with E-state index in [1.807, 2.05) is 39.0 Å². The van der Waals surface area contributed by atoms with Gasteiger partial charge in [-0.1, -0.05) is 15.9 Å². The summed E-state index contributed by atoms with van der Waals surface area (Å²) in [6, 6.07) is 10.6. The van der Waals surface area contributed by atoms with Gasteiger partial charge in [-0.3, -0.25) is 4.79 Å². The van der Waals surface area contributed by atoms with Crippen LogP contribution in [0.3, 0.4) is 0 Å². The number of amides is 1. The van der Waals surface area contributed by atoms with Crippen molar-refractivity contribution in [2.24, 2.45) is 5.10 Å². The van der Waals surface area contributed by atoms with Gasteiger partial charge in [0.05, 0.1) is 26.0 Å². The van der Waals surface area contributed by atoms with E-state index in [9.17, 15) is 4.79 Å². The van der Waals surface area contributed by atoms with Gasteiger partial charge < -0.3 is 14.2 Å². The second-order valence-electron chi connectivity index (χ2n) is 5.34. The van der Waals surface area contributed by atoms with Crippen LogP contribution in [0.25, 0.3) is 0 Å². The molecule has 7 heteroatoms. The number of carbonyl (C=O) groups excluding carboxylic acids is 1. The lowest BCUT2D eigenvalue weighted by atomic mass is 10.2. The van der Waals surface area contributed by atoms with Gasteiger partial charge in [0, 0.05) is 15.6 Å². The summed E-state index contributed by atoms with van der Waals surface area (Å²) in [4.78, 5) is 12.4. The lowest BCUT2D eigenvalue weighted by Crippen LogP contribution is -2.18. The third-order valence-corrected chi connectivity index (χ3v) is 3.94. The Hall–Kier alpha value is -2.54. The molecule has 0 aliphatic rings. The molecule has 2 aromatic rings. The Morgan fingerprint density at radius 1 is 0.963 bits per heavy atom. The minimum atomic E-state index is -0.344. The van der Waals surface area contributed by atoms with Gasteiger partial charge in [0.2, 0.25) is 0 Å². The van der Waals surface area contributed by atoms with E-state index in [-0.39, 0.29) is 5.91 Å². The third-order valence-electron chi connectivity index (χ3n) is 3.45. The van der Waals surface area contributed by atoms with Gasteiger partial charge in [0.15, 0.2) is 11.5 Å². The Kier molecular flexibility index (Phi) is 8.13. The quantitative estimate of drug-likeness (QED) is 0.468. The summed E-state index contributed by atoms with van der Waals surface area (Å²) in [6.45, 7) is 7.22. The standard InChI is InChI=1S/C20H23BrN2O4/c1-4-25-17-10-8-16(21)11-15(17)13-22-23-20(24)14-7-9-18(26-5-2)19(12-14)27-6-3/h7-13H,4-6H2,1-3H3,(H,23,24)/b22-13+. The summed E-state index contributed by atoms with van der Waals surface area (Å²) in [7, 11) is 0. The number of nitrogens with one attached hydrogen (secondary N) is 1. The Labute approximate surface area is 167 Å². The van der Waals surface area contributed by atoms with Crippen LogP contribution in [-0.2, 0) is 0 Å². The van der Waals surface area contributed by atoms with Crippen LogP contribution in [0.2, 0.25) is 0 Å². The van der Waals surface area contributed by atoms with Gasteiger partial charge >= 0.3 is 0 Å². The highest BCUT2D eigenvalue weighted by Crippen LogP contribution is 2.28. The molecular weight excluding hydrogens is 412 g/mol. The van der Waals surface area contributed by atoms with E-state index in [1.54, 1.807) is 24.4 Å². The van der Waals surface area contributed by atoms with Gasteiger partial charge in [-0.05, 0) is 57.2 Å². The van der Waals surface area contributed by atoms with Crippen LogP contribution in [0.5, 0.6) is 17.2 Å². The molecule has 0 aliphatic carbocycles. The van der Waals surface area contributed by atoms with Crippen molar-refractivity contribution in [2.75, 3.05) is 19.8 Å². The molecule has 144 valence electrons. The van der Waals surface area contributed by atoms with Crippen molar-refractivity contribution in [2.45, 2.75) is 20.8 Å². The highest BCUT2D eigenvalue weighted by atomic mass is 79.9.